The summed E-state index contributed by atoms with van der Waals surface area (Å²) in [5.74, 6) is -0.102. The van der Waals surface area contributed by atoms with Crippen LogP contribution in [0.1, 0.15) is 30.5 Å². The highest BCUT2D eigenvalue weighted by Gasteiger charge is 2.26. The molecule has 2 aromatic heterocycles. The Morgan fingerprint density at radius 1 is 1.31 bits per heavy atom. The van der Waals surface area contributed by atoms with E-state index in [0.29, 0.717) is 31.7 Å². The number of nitrogens with zero attached hydrogens (tertiary/aromatic N) is 4. The summed E-state index contributed by atoms with van der Waals surface area (Å²) >= 11 is 0. The first kappa shape index (κ1) is 21.8. The molecular formula is C22H23F2N5O3. The number of hydrogen-bond donors (Lipinski definition) is 2. The quantitative estimate of drug-likeness (QED) is 0.513. The van der Waals surface area contributed by atoms with E-state index in [9.17, 15) is 18.7 Å². The van der Waals surface area contributed by atoms with Gasteiger partial charge in [-0.05, 0) is 42.7 Å². The van der Waals surface area contributed by atoms with E-state index in [1.165, 1.54) is 12.3 Å². The van der Waals surface area contributed by atoms with Crippen LogP contribution < -0.4 is 5.32 Å². The molecule has 2 unspecified atom stereocenters. The largest absolute Gasteiger partial charge is 0.465 e. The van der Waals surface area contributed by atoms with E-state index in [1.807, 2.05) is 31.3 Å². The van der Waals surface area contributed by atoms with E-state index in [2.05, 4.69) is 20.4 Å². The van der Waals surface area contributed by atoms with E-state index >= 15 is 0 Å². The normalized spacial score (nSPS) is 16.9. The van der Waals surface area contributed by atoms with Crippen LogP contribution in [0.25, 0.3) is 11.1 Å². The van der Waals surface area contributed by atoms with Crippen LogP contribution in [0.2, 0.25) is 0 Å². The number of halogens is 2. The molecule has 0 saturated carbocycles. The second-order valence-corrected chi connectivity index (χ2v) is 7.91. The first-order chi connectivity index (χ1) is 15.4. The van der Waals surface area contributed by atoms with Gasteiger partial charge in [-0.1, -0.05) is 6.07 Å². The number of aliphatic hydroxyl groups is 1. The summed E-state index contributed by atoms with van der Waals surface area (Å²) in [6, 6.07) is 6.87. The van der Waals surface area contributed by atoms with Crippen molar-refractivity contribution in [2.24, 2.45) is 5.92 Å². The summed E-state index contributed by atoms with van der Waals surface area (Å²) < 4.78 is 32.4. The zero-order valence-electron chi connectivity index (χ0n) is 17.4. The van der Waals surface area contributed by atoms with Crippen LogP contribution >= 0.6 is 0 Å². The fourth-order valence-electron chi connectivity index (χ4n) is 3.71. The number of benzene rings is 1. The molecule has 1 aliphatic heterocycles. The molecule has 0 bridgehead atoms. The maximum Gasteiger partial charge on any atom is 0.306 e. The monoisotopic (exact) mass is 443 g/mol. The van der Waals surface area contributed by atoms with Crippen molar-refractivity contribution in [2.75, 3.05) is 11.9 Å². The number of ether oxygens (including phenoxy) is 1. The molecule has 0 spiro atoms. The fraction of sp³-hybridized carbons (Fsp3) is 0.364. The van der Waals surface area contributed by atoms with Crippen molar-refractivity contribution >= 4 is 17.6 Å². The molecule has 3 heterocycles. The van der Waals surface area contributed by atoms with Crippen LogP contribution in [0.3, 0.4) is 0 Å². The SMILES string of the molecule is Cc1cc(Nc2nccc(C(F)F)n2)cc(-c2cnn(CC(O)CC3COC(=O)C3)c2)c1. The molecule has 8 nitrogen and oxygen atoms in total. The molecular weight excluding hydrogens is 420 g/mol. The second-order valence-electron chi connectivity index (χ2n) is 7.91. The zero-order valence-corrected chi connectivity index (χ0v) is 17.4. The number of carbonyl (C=O) groups excluding carboxylic acids is 1. The zero-order chi connectivity index (χ0) is 22.7. The highest BCUT2D eigenvalue weighted by Crippen LogP contribution is 2.27. The van der Waals surface area contributed by atoms with Gasteiger partial charge in [-0.15, -0.1) is 0 Å². The number of rotatable bonds is 8. The van der Waals surface area contributed by atoms with Crippen molar-refractivity contribution in [3.8, 4) is 11.1 Å². The second kappa shape index (κ2) is 9.39. The third-order valence-electron chi connectivity index (χ3n) is 5.14. The van der Waals surface area contributed by atoms with Crippen molar-refractivity contribution in [3.05, 3.63) is 54.1 Å². The number of aryl methyl sites for hydroxylation is 1. The van der Waals surface area contributed by atoms with Crippen molar-refractivity contribution in [2.45, 2.75) is 38.8 Å². The van der Waals surface area contributed by atoms with Gasteiger partial charge in [-0.2, -0.15) is 5.10 Å². The van der Waals surface area contributed by atoms with Crippen LogP contribution in [-0.2, 0) is 16.1 Å². The van der Waals surface area contributed by atoms with E-state index < -0.39 is 12.5 Å². The van der Waals surface area contributed by atoms with Crippen molar-refractivity contribution in [1.29, 1.82) is 0 Å². The minimum absolute atomic E-state index is 0.0312. The van der Waals surface area contributed by atoms with Gasteiger partial charge in [0.05, 0.1) is 31.9 Å². The van der Waals surface area contributed by atoms with Gasteiger partial charge >= 0.3 is 5.97 Å². The van der Waals surface area contributed by atoms with Gasteiger partial charge in [-0.3, -0.25) is 9.48 Å². The smallest absolute Gasteiger partial charge is 0.306 e. The molecule has 4 rings (SSSR count). The number of cyclic esters (lactones) is 1. The third-order valence-corrected chi connectivity index (χ3v) is 5.14. The number of carbonyl (C=O) groups is 1. The van der Waals surface area contributed by atoms with E-state index in [4.69, 9.17) is 4.74 Å². The van der Waals surface area contributed by atoms with Gasteiger partial charge in [0.1, 0.15) is 5.69 Å². The average Bonchev–Trinajstić information content (AvgIpc) is 3.36. The lowest BCUT2D eigenvalue weighted by Crippen LogP contribution is -2.20. The summed E-state index contributed by atoms with van der Waals surface area (Å²) in [4.78, 5) is 19.0. The van der Waals surface area contributed by atoms with Crippen molar-refractivity contribution in [1.82, 2.24) is 19.7 Å². The third kappa shape index (κ3) is 5.44. The molecule has 168 valence electrons. The highest BCUT2D eigenvalue weighted by molar-refractivity contribution is 5.71. The van der Waals surface area contributed by atoms with Crippen molar-refractivity contribution < 1.29 is 23.4 Å². The topological polar surface area (TPSA) is 102 Å². The Balaban J connectivity index is 1.45. The van der Waals surface area contributed by atoms with Crippen molar-refractivity contribution in [3.63, 3.8) is 0 Å². The molecule has 0 radical (unpaired) electrons. The Bertz CT molecular complexity index is 1100. The Morgan fingerprint density at radius 3 is 2.91 bits per heavy atom. The summed E-state index contributed by atoms with van der Waals surface area (Å²) in [5.41, 5.74) is 2.97. The molecule has 2 atom stereocenters. The molecule has 32 heavy (non-hydrogen) atoms. The average molecular weight is 443 g/mol. The Labute approximate surface area is 183 Å². The number of anilines is 2. The Kier molecular flexibility index (Phi) is 6.40. The van der Waals surface area contributed by atoms with Gasteiger partial charge in [0.15, 0.2) is 0 Å². The Morgan fingerprint density at radius 2 is 2.16 bits per heavy atom. The number of esters is 1. The number of aliphatic hydroxyl groups excluding tert-OH is 1. The molecule has 1 aromatic carbocycles. The molecule has 2 N–H and O–H groups in total. The van der Waals surface area contributed by atoms with Crippen LogP contribution in [-0.4, -0.2) is 43.5 Å². The maximum atomic E-state index is 12.9. The Hall–Kier alpha value is -3.40. The van der Waals surface area contributed by atoms with Gasteiger partial charge in [0.2, 0.25) is 5.95 Å². The lowest BCUT2D eigenvalue weighted by Gasteiger charge is -2.13. The highest BCUT2D eigenvalue weighted by atomic mass is 19.3. The van der Waals surface area contributed by atoms with Gasteiger partial charge in [0.25, 0.3) is 6.43 Å². The van der Waals surface area contributed by atoms with Gasteiger partial charge in [-0.25, -0.2) is 18.7 Å². The predicted octanol–water partition coefficient (Wildman–Crippen LogP) is 3.64. The van der Waals surface area contributed by atoms with Gasteiger partial charge < -0.3 is 15.2 Å². The summed E-state index contributed by atoms with van der Waals surface area (Å²) in [6.45, 7) is 2.57. The number of alkyl halides is 2. The number of nitrogens with one attached hydrogen (secondary N) is 1. The first-order valence-corrected chi connectivity index (χ1v) is 10.2. The van der Waals surface area contributed by atoms with Crippen LogP contribution in [0.15, 0.2) is 42.9 Å². The molecule has 0 aliphatic carbocycles. The van der Waals surface area contributed by atoms with E-state index in [0.717, 1.165) is 16.7 Å². The van der Waals surface area contributed by atoms with Crippen LogP contribution in [0.4, 0.5) is 20.4 Å². The van der Waals surface area contributed by atoms with E-state index in [-0.39, 0.29) is 23.5 Å². The maximum absolute atomic E-state index is 12.9. The van der Waals surface area contributed by atoms with Gasteiger partial charge in [0, 0.05) is 29.6 Å². The fourth-order valence-corrected chi connectivity index (χ4v) is 3.71. The summed E-state index contributed by atoms with van der Waals surface area (Å²) in [6.07, 6.45) is 2.30. The minimum atomic E-state index is -2.67. The molecule has 10 heteroatoms. The standard InChI is InChI=1S/C22H23F2N5O3/c1-13-4-15(8-17(5-13)27-22-25-3-2-19(28-22)21(23)24)16-9-26-29(10-16)11-18(30)6-14-7-20(31)32-12-14/h2-5,8-10,14,18,21,30H,6-7,11-12H2,1H3,(H,25,27,28). The molecule has 1 aliphatic rings. The predicted molar refractivity (Wildman–Crippen MR) is 112 cm³/mol. The lowest BCUT2D eigenvalue weighted by atomic mass is 10.0. The molecule has 1 saturated heterocycles. The summed E-state index contributed by atoms with van der Waals surface area (Å²) in [7, 11) is 0. The first-order valence-electron chi connectivity index (χ1n) is 10.2. The molecule has 3 aromatic rings. The number of aromatic nitrogens is 4. The number of hydrogen-bond acceptors (Lipinski definition) is 7. The molecule has 0 amide bonds. The summed E-state index contributed by atoms with van der Waals surface area (Å²) in [5, 5.41) is 17.6. The van der Waals surface area contributed by atoms with Crippen LogP contribution in [0.5, 0.6) is 0 Å². The van der Waals surface area contributed by atoms with Crippen LogP contribution in [0, 0.1) is 12.8 Å². The molecule has 1 fully saturated rings. The van der Waals surface area contributed by atoms with E-state index in [1.54, 1.807) is 10.9 Å². The minimum Gasteiger partial charge on any atom is -0.465 e. The lowest BCUT2D eigenvalue weighted by molar-refractivity contribution is -0.137.